The van der Waals surface area contributed by atoms with Gasteiger partial charge in [-0.3, -0.25) is 4.79 Å². The van der Waals surface area contributed by atoms with Gasteiger partial charge < -0.3 is 20.5 Å². The molecule has 5 heteroatoms. The first kappa shape index (κ1) is 11.3. The topological polar surface area (TPSA) is 73.6 Å². The molecule has 1 unspecified atom stereocenters. The fraction of sp³-hybridized carbons (Fsp3) is 0.462. The van der Waals surface area contributed by atoms with Gasteiger partial charge in [0.1, 0.15) is 0 Å². The van der Waals surface area contributed by atoms with Gasteiger partial charge in [-0.2, -0.15) is 0 Å². The van der Waals surface area contributed by atoms with Gasteiger partial charge in [-0.25, -0.2) is 0 Å². The number of nitrogens with one attached hydrogen (secondary N) is 1. The molecule has 1 saturated heterocycles. The highest BCUT2D eigenvalue weighted by Crippen LogP contribution is 2.38. The Morgan fingerprint density at radius 3 is 2.67 bits per heavy atom. The van der Waals surface area contributed by atoms with Crippen LogP contribution in [0, 0.1) is 5.92 Å². The fourth-order valence-corrected chi connectivity index (χ4v) is 2.43. The Hall–Kier alpha value is -1.75. The summed E-state index contributed by atoms with van der Waals surface area (Å²) in [7, 11) is 0. The van der Waals surface area contributed by atoms with E-state index in [4.69, 9.17) is 15.2 Å². The first-order chi connectivity index (χ1) is 8.74. The van der Waals surface area contributed by atoms with Crippen LogP contribution in [-0.2, 0) is 0 Å². The maximum atomic E-state index is 11.1. The molecule has 2 aliphatic rings. The highest BCUT2D eigenvalue weighted by Gasteiger charge is 2.33. The summed E-state index contributed by atoms with van der Waals surface area (Å²) in [6.07, 6.45) is 1.85. The third-order valence-electron chi connectivity index (χ3n) is 3.48. The molecule has 1 aromatic carbocycles. The molecule has 0 aromatic heterocycles. The van der Waals surface area contributed by atoms with E-state index in [-0.39, 0.29) is 6.29 Å². The average Bonchev–Trinajstić information content (AvgIpc) is 2.82. The van der Waals surface area contributed by atoms with Crippen molar-refractivity contribution >= 4 is 5.91 Å². The number of amides is 1. The van der Waals surface area contributed by atoms with Crippen LogP contribution in [0.2, 0.25) is 0 Å². The Kier molecular flexibility index (Phi) is 2.83. The molecule has 1 atom stereocenters. The number of hydrogen-bond acceptors (Lipinski definition) is 4. The number of nitrogens with two attached hydrogens (primary N) is 1. The highest BCUT2D eigenvalue weighted by atomic mass is 16.7. The van der Waals surface area contributed by atoms with E-state index in [1.807, 2.05) is 0 Å². The molecule has 1 aromatic rings. The van der Waals surface area contributed by atoms with Crippen LogP contribution >= 0.6 is 0 Å². The Morgan fingerprint density at radius 1 is 1.22 bits per heavy atom. The SMILES string of the molecule is NC(=O)c1ccc2c(c1)OC(C1CCNCC1)O2. The Balaban J connectivity index is 1.76. The van der Waals surface area contributed by atoms with Crippen LogP contribution in [0.3, 0.4) is 0 Å². The summed E-state index contributed by atoms with van der Waals surface area (Å²) in [6.45, 7) is 1.99. The van der Waals surface area contributed by atoms with Crippen molar-refractivity contribution in [2.75, 3.05) is 13.1 Å². The van der Waals surface area contributed by atoms with Gasteiger partial charge >= 0.3 is 0 Å². The van der Waals surface area contributed by atoms with Crippen molar-refractivity contribution in [1.82, 2.24) is 5.32 Å². The van der Waals surface area contributed by atoms with Gasteiger partial charge in [-0.15, -0.1) is 0 Å². The quantitative estimate of drug-likeness (QED) is 0.815. The highest BCUT2D eigenvalue weighted by molar-refractivity contribution is 5.93. The molecular weight excluding hydrogens is 232 g/mol. The van der Waals surface area contributed by atoms with E-state index < -0.39 is 5.91 Å². The van der Waals surface area contributed by atoms with Crippen molar-refractivity contribution < 1.29 is 14.3 Å². The lowest BCUT2D eigenvalue weighted by atomic mass is 9.98. The monoisotopic (exact) mass is 248 g/mol. The van der Waals surface area contributed by atoms with E-state index in [9.17, 15) is 4.79 Å². The minimum absolute atomic E-state index is 0.231. The zero-order valence-corrected chi connectivity index (χ0v) is 10.0. The lowest BCUT2D eigenvalue weighted by molar-refractivity contribution is -0.0149. The van der Waals surface area contributed by atoms with Crippen LogP contribution in [-0.4, -0.2) is 25.3 Å². The fourth-order valence-electron chi connectivity index (χ4n) is 2.43. The molecule has 96 valence electrons. The molecule has 2 aliphatic heterocycles. The van der Waals surface area contributed by atoms with Crippen molar-refractivity contribution in [3.63, 3.8) is 0 Å². The minimum Gasteiger partial charge on any atom is -0.451 e. The molecule has 0 aliphatic carbocycles. The molecule has 1 amide bonds. The first-order valence-corrected chi connectivity index (χ1v) is 6.22. The van der Waals surface area contributed by atoms with Gasteiger partial charge in [-0.05, 0) is 44.1 Å². The number of benzene rings is 1. The zero-order valence-electron chi connectivity index (χ0n) is 10.0. The summed E-state index contributed by atoms with van der Waals surface area (Å²) < 4.78 is 11.6. The summed E-state index contributed by atoms with van der Waals surface area (Å²) in [4.78, 5) is 11.1. The van der Waals surface area contributed by atoms with Crippen LogP contribution in [0.1, 0.15) is 23.2 Å². The Morgan fingerprint density at radius 2 is 1.94 bits per heavy atom. The summed E-state index contributed by atoms with van der Waals surface area (Å²) >= 11 is 0. The number of rotatable bonds is 2. The minimum atomic E-state index is -0.452. The molecule has 0 spiro atoms. The second kappa shape index (κ2) is 4.49. The second-order valence-corrected chi connectivity index (χ2v) is 4.72. The summed E-state index contributed by atoms with van der Waals surface area (Å²) in [6, 6.07) is 5.06. The zero-order chi connectivity index (χ0) is 12.5. The number of hydrogen-bond donors (Lipinski definition) is 2. The van der Waals surface area contributed by atoms with Crippen LogP contribution in [0.15, 0.2) is 18.2 Å². The van der Waals surface area contributed by atoms with E-state index >= 15 is 0 Å². The van der Waals surface area contributed by atoms with Gasteiger partial charge in [0.15, 0.2) is 11.5 Å². The number of carbonyl (C=O) groups is 1. The first-order valence-electron chi connectivity index (χ1n) is 6.22. The van der Waals surface area contributed by atoms with Gasteiger partial charge in [0.2, 0.25) is 12.2 Å². The van der Waals surface area contributed by atoms with E-state index in [1.165, 1.54) is 0 Å². The van der Waals surface area contributed by atoms with E-state index in [2.05, 4.69) is 5.32 Å². The summed E-state index contributed by atoms with van der Waals surface area (Å²) in [5, 5.41) is 3.31. The smallest absolute Gasteiger partial charge is 0.248 e. The van der Waals surface area contributed by atoms with Gasteiger partial charge in [0.05, 0.1) is 0 Å². The molecule has 3 N–H and O–H groups in total. The van der Waals surface area contributed by atoms with Crippen LogP contribution in [0.4, 0.5) is 0 Å². The Labute approximate surface area is 105 Å². The van der Waals surface area contributed by atoms with Crippen molar-refractivity contribution in [3.05, 3.63) is 23.8 Å². The standard InChI is InChI=1S/C13H16N2O3/c14-12(16)9-1-2-10-11(7-9)18-13(17-10)8-3-5-15-6-4-8/h1-2,7-8,13,15H,3-6H2,(H2,14,16). The summed E-state index contributed by atoms with van der Waals surface area (Å²) in [5.74, 6) is 1.26. The third kappa shape index (κ3) is 2.01. The van der Waals surface area contributed by atoms with Gasteiger partial charge in [0, 0.05) is 11.5 Å². The van der Waals surface area contributed by atoms with E-state index in [0.717, 1.165) is 25.9 Å². The lowest BCUT2D eigenvalue weighted by Crippen LogP contribution is -2.37. The maximum Gasteiger partial charge on any atom is 0.248 e. The third-order valence-corrected chi connectivity index (χ3v) is 3.48. The molecule has 2 heterocycles. The predicted octanol–water partition coefficient (Wildman–Crippen LogP) is 0.882. The molecule has 0 radical (unpaired) electrons. The van der Waals surface area contributed by atoms with E-state index in [1.54, 1.807) is 18.2 Å². The predicted molar refractivity (Wildman–Crippen MR) is 65.6 cm³/mol. The van der Waals surface area contributed by atoms with Crippen molar-refractivity contribution in [2.45, 2.75) is 19.1 Å². The average molecular weight is 248 g/mol. The molecule has 1 fully saturated rings. The molecule has 0 saturated carbocycles. The molecule has 18 heavy (non-hydrogen) atoms. The number of carbonyl (C=O) groups excluding carboxylic acids is 1. The largest absolute Gasteiger partial charge is 0.451 e. The normalized spacial score (nSPS) is 23.0. The summed E-state index contributed by atoms with van der Waals surface area (Å²) in [5.41, 5.74) is 5.69. The number of primary amides is 1. The van der Waals surface area contributed by atoms with Crippen molar-refractivity contribution in [1.29, 1.82) is 0 Å². The van der Waals surface area contributed by atoms with Crippen LogP contribution in [0.25, 0.3) is 0 Å². The molecule has 0 bridgehead atoms. The van der Waals surface area contributed by atoms with E-state index in [0.29, 0.717) is 23.0 Å². The maximum absolute atomic E-state index is 11.1. The Bertz CT molecular complexity index is 469. The van der Waals surface area contributed by atoms with Gasteiger partial charge in [0.25, 0.3) is 0 Å². The number of fused-ring (bicyclic) bond motifs is 1. The molecular formula is C13H16N2O3. The van der Waals surface area contributed by atoms with Crippen LogP contribution in [0.5, 0.6) is 11.5 Å². The van der Waals surface area contributed by atoms with Crippen molar-refractivity contribution in [3.8, 4) is 11.5 Å². The number of piperidine rings is 1. The second-order valence-electron chi connectivity index (χ2n) is 4.72. The molecule has 3 rings (SSSR count). The molecule has 5 nitrogen and oxygen atoms in total. The lowest BCUT2D eigenvalue weighted by Gasteiger charge is -2.26. The number of ether oxygens (including phenoxy) is 2. The van der Waals surface area contributed by atoms with Gasteiger partial charge in [-0.1, -0.05) is 0 Å². The van der Waals surface area contributed by atoms with Crippen molar-refractivity contribution in [2.24, 2.45) is 11.7 Å². The van der Waals surface area contributed by atoms with Crippen LogP contribution < -0.4 is 20.5 Å².